The summed E-state index contributed by atoms with van der Waals surface area (Å²) in [5, 5.41) is 5.11. The molecule has 2 fully saturated rings. The van der Waals surface area contributed by atoms with Gasteiger partial charge in [0, 0.05) is 19.1 Å². The van der Waals surface area contributed by atoms with Crippen LogP contribution in [0.25, 0.3) is 21.5 Å². The summed E-state index contributed by atoms with van der Waals surface area (Å²) in [6, 6.07) is 11.5. The van der Waals surface area contributed by atoms with E-state index in [0.29, 0.717) is 6.04 Å². The molecule has 3 unspecified atom stereocenters. The van der Waals surface area contributed by atoms with Gasteiger partial charge in [0.25, 0.3) is 0 Å². The monoisotopic (exact) mass is 389 g/mol. The third kappa shape index (κ3) is 2.55. The minimum Gasteiger partial charge on any atom is -0.497 e. The van der Waals surface area contributed by atoms with E-state index in [1.807, 2.05) is 0 Å². The van der Waals surface area contributed by atoms with Crippen LogP contribution >= 0.6 is 0 Å². The molecule has 1 saturated heterocycles. The molecule has 0 amide bonds. The Morgan fingerprint density at radius 1 is 0.759 bits per heavy atom. The normalized spacial score (nSPS) is 25.3. The lowest BCUT2D eigenvalue weighted by Crippen LogP contribution is -2.44. The third-order valence-electron chi connectivity index (χ3n) is 7.49. The first-order chi connectivity index (χ1) is 14.2. The number of methoxy groups -OCH3 is 3. The Bertz CT molecular complexity index is 1140. The summed E-state index contributed by atoms with van der Waals surface area (Å²) in [5.41, 5.74) is 2.98. The Morgan fingerprint density at radius 2 is 1.52 bits per heavy atom. The summed E-state index contributed by atoms with van der Waals surface area (Å²) in [6.45, 7) is 2.33. The van der Waals surface area contributed by atoms with Crippen LogP contribution in [0, 0.1) is 11.8 Å². The van der Waals surface area contributed by atoms with Gasteiger partial charge < -0.3 is 14.2 Å². The minimum absolute atomic E-state index is 0.679. The number of nitrogens with zero attached hydrogens (tertiary/aromatic N) is 1. The van der Waals surface area contributed by atoms with E-state index in [1.165, 1.54) is 52.1 Å². The summed E-state index contributed by atoms with van der Waals surface area (Å²) in [6.07, 6.45) is 3.93. The fourth-order valence-electron chi connectivity index (χ4n) is 5.84. The molecule has 0 aromatic heterocycles. The molecule has 150 valence electrons. The van der Waals surface area contributed by atoms with Crippen LogP contribution in [-0.4, -0.2) is 38.8 Å². The SMILES string of the molecule is COc1ccc2c3c(c4cc(OC)c(OC)cc4c2c1)CC1CC2CC2CN1C3. The van der Waals surface area contributed by atoms with Gasteiger partial charge in [0.2, 0.25) is 0 Å². The third-order valence-corrected chi connectivity index (χ3v) is 7.49. The van der Waals surface area contributed by atoms with Crippen LogP contribution in [0.5, 0.6) is 17.2 Å². The maximum Gasteiger partial charge on any atom is 0.161 e. The van der Waals surface area contributed by atoms with Gasteiger partial charge in [0.1, 0.15) is 5.75 Å². The van der Waals surface area contributed by atoms with Crippen molar-refractivity contribution < 1.29 is 14.2 Å². The number of fused-ring (bicyclic) bond motifs is 8. The summed E-state index contributed by atoms with van der Waals surface area (Å²) in [5.74, 6) is 4.39. The molecule has 0 N–H and O–H groups in total. The van der Waals surface area contributed by atoms with E-state index in [1.54, 1.807) is 21.3 Å². The lowest BCUT2D eigenvalue weighted by atomic mass is 9.82. The second kappa shape index (κ2) is 6.27. The van der Waals surface area contributed by atoms with Crippen molar-refractivity contribution in [2.75, 3.05) is 27.9 Å². The standard InChI is InChI=1S/C25H27NO3/c1-27-17-4-5-18-20(9-17)22-11-25(29-3)24(28-2)10-21(22)19-8-16-7-14-6-15(14)12-26(16)13-23(18)19/h4-5,9-11,14-16H,6-8,12-13H2,1-3H3. The average molecular weight is 389 g/mol. The molecule has 29 heavy (non-hydrogen) atoms. The van der Waals surface area contributed by atoms with Crippen LogP contribution in [0.3, 0.4) is 0 Å². The molecule has 1 aliphatic carbocycles. The molecule has 3 atom stereocenters. The highest BCUT2D eigenvalue weighted by Crippen LogP contribution is 2.51. The second-order valence-electron chi connectivity index (χ2n) is 8.90. The maximum atomic E-state index is 5.66. The van der Waals surface area contributed by atoms with Crippen LogP contribution in [0.1, 0.15) is 24.0 Å². The topological polar surface area (TPSA) is 30.9 Å². The average Bonchev–Trinajstić information content (AvgIpc) is 3.53. The van der Waals surface area contributed by atoms with Crippen molar-refractivity contribution in [3.05, 3.63) is 41.5 Å². The summed E-state index contributed by atoms with van der Waals surface area (Å²) in [7, 11) is 5.16. The van der Waals surface area contributed by atoms with E-state index in [-0.39, 0.29) is 0 Å². The van der Waals surface area contributed by atoms with Crippen molar-refractivity contribution in [3.8, 4) is 17.2 Å². The molecule has 2 heterocycles. The second-order valence-corrected chi connectivity index (χ2v) is 8.90. The van der Waals surface area contributed by atoms with Gasteiger partial charge in [0.05, 0.1) is 21.3 Å². The van der Waals surface area contributed by atoms with E-state index >= 15 is 0 Å². The molecule has 0 bridgehead atoms. The molecule has 4 heteroatoms. The van der Waals surface area contributed by atoms with Crippen molar-refractivity contribution >= 4 is 21.5 Å². The van der Waals surface area contributed by atoms with Gasteiger partial charge in [0.15, 0.2) is 11.5 Å². The molecule has 3 aromatic carbocycles. The fraction of sp³-hybridized carbons (Fsp3) is 0.440. The largest absolute Gasteiger partial charge is 0.497 e. The van der Waals surface area contributed by atoms with Gasteiger partial charge in [-0.2, -0.15) is 0 Å². The van der Waals surface area contributed by atoms with Crippen LogP contribution in [0.4, 0.5) is 0 Å². The lowest BCUT2D eigenvalue weighted by Gasteiger charge is -2.41. The van der Waals surface area contributed by atoms with E-state index < -0.39 is 0 Å². The van der Waals surface area contributed by atoms with Crippen LogP contribution in [0.15, 0.2) is 30.3 Å². The Hall–Kier alpha value is -2.46. The molecule has 1 saturated carbocycles. The van der Waals surface area contributed by atoms with Gasteiger partial charge in [-0.15, -0.1) is 0 Å². The number of ether oxygens (including phenoxy) is 3. The number of rotatable bonds is 3. The molecule has 6 rings (SSSR count). The summed E-state index contributed by atoms with van der Waals surface area (Å²) >= 11 is 0. The summed E-state index contributed by atoms with van der Waals surface area (Å²) in [4.78, 5) is 2.74. The van der Waals surface area contributed by atoms with Crippen molar-refractivity contribution in [2.24, 2.45) is 11.8 Å². The zero-order chi connectivity index (χ0) is 19.7. The van der Waals surface area contributed by atoms with Gasteiger partial charge >= 0.3 is 0 Å². The van der Waals surface area contributed by atoms with E-state index in [9.17, 15) is 0 Å². The molecular weight excluding hydrogens is 362 g/mol. The van der Waals surface area contributed by atoms with Gasteiger partial charge in [-0.05, 0) is 88.0 Å². The molecule has 0 radical (unpaired) electrons. The molecule has 3 aliphatic rings. The molecular formula is C25H27NO3. The zero-order valence-corrected chi connectivity index (χ0v) is 17.3. The fourth-order valence-corrected chi connectivity index (χ4v) is 5.84. The summed E-state index contributed by atoms with van der Waals surface area (Å²) < 4.78 is 16.9. The maximum absolute atomic E-state index is 5.66. The predicted octanol–water partition coefficient (Wildman–Crippen LogP) is 4.79. The Balaban J connectivity index is 1.65. The molecule has 4 nitrogen and oxygen atoms in total. The van der Waals surface area contributed by atoms with Crippen LogP contribution in [0.2, 0.25) is 0 Å². The number of piperidine rings is 1. The molecule has 3 aromatic rings. The Morgan fingerprint density at radius 3 is 2.28 bits per heavy atom. The van der Waals surface area contributed by atoms with Crippen LogP contribution in [-0.2, 0) is 13.0 Å². The Kier molecular flexibility index (Phi) is 3.76. The number of hydrogen-bond acceptors (Lipinski definition) is 4. The first-order valence-corrected chi connectivity index (χ1v) is 10.6. The van der Waals surface area contributed by atoms with E-state index in [4.69, 9.17) is 14.2 Å². The zero-order valence-electron chi connectivity index (χ0n) is 17.3. The first kappa shape index (κ1) is 17.4. The number of hydrogen-bond donors (Lipinski definition) is 0. The smallest absolute Gasteiger partial charge is 0.161 e. The van der Waals surface area contributed by atoms with Crippen molar-refractivity contribution in [2.45, 2.75) is 31.8 Å². The lowest BCUT2D eigenvalue weighted by molar-refractivity contribution is 0.122. The van der Waals surface area contributed by atoms with Gasteiger partial charge in [-0.3, -0.25) is 4.90 Å². The Labute approximate surface area is 171 Å². The highest BCUT2D eigenvalue weighted by Gasteiger charge is 2.47. The predicted molar refractivity (Wildman–Crippen MR) is 115 cm³/mol. The van der Waals surface area contributed by atoms with E-state index in [2.05, 4.69) is 35.2 Å². The van der Waals surface area contributed by atoms with Crippen molar-refractivity contribution in [1.29, 1.82) is 0 Å². The highest BCUT2D eigenvalue weighted by atomic mass is 16.5. The van der Waals surface area contributed by atoms with E-state index in [0.717, 1.165) is 42.0 Å². The van der Waals surface area contributed by atoms with Gasteiger partial charge in [-0.1, -0.05) is 6.07 Å². The van der Waals surface area contributed by atoms with Crippen molar-refractivity contribution in [1.82, 2.24) is 4.90 Å². The van der Waals surface area contributed by atoms with Crippen LogP contribution < -0.4 is 14.2 Å². The van der Waals surface area contributed by atoms with Crippen molar-refractivity contribution in [3.63, 3.8) is 0 Å². The first-order valence-electron chi connectivity index (χ1n) is 10.6. The highest BCUT2D eigenvalue weighted by molar-refractivity contribution is 6.12. The van der Waals surface area contributed by atoms with Gasteiger partial charge in [-0.25, -0.2) is 0 Å². The number of benzene rings is 3. The molecule has 2 aliphatic heterocycles. The quantitative estimate of drug-likeness (QED) is 0.603. The molecule has 0 spiro atoms. The minimum atomic E-state index is 0.679.